The quantitative estimate of drug-likeness (QED) is 0.747. The fourth-order valence-electron chi connectivity index (χ4n) is 1.75. The minimum Gasteiger partial charge on any atom is -0.332 e. The highest BCUT2D eigenvalue weighted by Gasteiger charge is 2.29. The molecule has 0 unspecified atom stereocenters. The maximum atomic E-state index is 11.6. The van der Waals surface area contributed by atoms with Crippen molar-refractivity contribution in [2.45, 2.75) is 26.7 Å². The van der Waals surface area contributed by atoms with Gasteiger partial charge in [0.15, 0.2) is 5.11 Å². The number of rotatable bonds is 3. The lowest BCUT2D eigenvalue weighted by Crippen LogP contribution is -2.35. The van der Waals surface area contributed by atoms with E-state index in [1.54, 1.807) is 6.07 Å². The second kappa shape index (κ2) is 6.00. The van der Waals surface area contributed by atoms with E-state index in [0.717, 1.165) is 29.8 Å². The Labute approximate surface area is 123 Å². The third kappa shape index (κ3) is 4.03. The van der Waals surface area contributed by atoms with E-state index in [4.69, 9.17) is 12.2 Å². The summed E-state index contributed by atoms with van der Waals surface area (Å²) in [6.07, 6.45) is 1.87. The van der Waals surface area contributed by atoms with E-state index in [1.807, 2.05) is 19.1 Å². The number of hydrogen-bond acceptors (Lipinski definition) is 3. The molecule has 0 atom stereocenters. The molecule has 1 aromatic carbocycles. The summed E-state index contributed by atoms with van der Waals surface area (Å²) in [5.74, 6) is -0.0470. The molecule has 0 aromatic heterocycles. The average Bonchev–Trinajstić information content (AvgIpc) is 3.16. The van der Waals surface area contributed by atoms with Crippen LogP contribution in [0.25, 0.3) is 0 Å². The van der Waals surface area contributed by atoms with Gasteiger partial charge in [0.25, 0.3) is 0 Å². The summed E-state index contributed by atoms with van der Waals surface area (Å²) in [5, 5.41) is 8.63. The lowest BCUT2D eigenvalue weighted by atomic mass is 10.2. The molecule has 1 aromatic rings. The topological polar surface area (TPSA) is 70.2 Å². The van der Waals surface area contributed by atoms with Gasteiger partial charge in [-0.25, -0.2) is 0 Å². The van der Waals surface area contributed by atoms with Crippen LogP contribution in [0, 0.1) is 12.8 Å². The van der Waals surface area contributed by atoms with Gasteiger partial charge in [-0.1, -0.05) is 6.07 Å². The van der Waals surface area contributed by atoms with Gasteiger partial charge in [0.2, 0.25) is 11.8 Å². The zero-order valence-electron chi connectivity index (χ0n) is 11.4. The molecule has 0 aliphatic heterocycles. The Kier molecular flexibility index (Phi) is 4.34. The maximum absolute atomic E-state index is 11.6. The summed E-state index contributed by atoms with van der Waals surface area (Å²) in [6.45, 7) is 3.36. The minimum absolute atomic E-state index is 0.0308. The summed E-state index contributed by atoms with van der Waals surface area (Å²) in [4.78, 5) is 22.7. The fraction of sp³-hybridized carbons (Fsp3) is 0.357. The van der Waals surface area contributed by atoms with Crippen molar-refractivity contribution in [3.05, 3.63) is 23.8 Å². The number of carbonyl (C=O) groups excluding carboxylic acids is 2. The van der Waals surface area contributed by atoms with Crippen molar-refractivity contribution in [3.63, 3.8) is 0 Å². The van der Waals surface area contributed by atoms with Crippen LogP contribution in [-0.2, 0) is 9.59 Å². The monoisotopic (exact) mass is 291 g/mol. The molecular weight excluding hydrogens is 274 g/mol. The van der Waals surface area contributed by atoms with E-state index in [1.165, 1.54) is 6.92 Å². The number of carbonyl (C=O) groups is 2. The molecule has 2 amide bonds. The molecule has 3 N–H and O–H groups in total. The van der Waals surface area contributed by atoms with Crippen molar-refractivity contribution in [1.29, 1.82) is 0 Å². The Morgan fingerprint density at radius 2 is 1.95 bits per heavy atom. The van der Waals surface area contributed by atoms with Gasteiger partial charge >= 0.3 is 0 Å². The predicted molar refractivity (Wildman–Crippen MR) is 82.6 cm³/mol. The summed E-state index contributed by atoms with van der Waals surface area (Å²) in [5.41, 5.74) is 2.40. The minimum atomic E-state index is -0.130. The number of hydrogen-bond donors (Lipinski definition) is 3. The number of amides is 2. The summed E-state index contributed by atoms with van der Waals surface area (Å²) in [6, 6.07) is 5.50. The normalized spacial score (nSPS) is 13.5. The van der Waals surface area contributed by atoms with E-state index in [0.29, 0.717) is 0 Å². The van der Waals surface area contributed by atoms with Crippen LogP contribution < -0.4 is 16.0 Å². The van der Waals surface area contributed by atoms with Gasteiger partial charge in [0.05, 0.1) is 0 Å². The molecule has 5 nitrogen and oxygen atoms in total. The molecule has 0 spiro atoms. The fourth-order valence-corrected chi connectivity index (χ4v) is 1.96. The van der Waals surface area contributed by atoms with Crippen molar-refractivity contribution in [1.82, 2.24) is 5.32 Å². The van der Waals surface area contributed by atoms with Crippen molar-refractivity contribution >= 4 is 40.5 Å². The largest absolute Gasteiger partial charge is 0.332 e. The van der Waals surface area contributed by atoms with Crippen LogP contribution in [0.1, 0.15) is 25.3 Å². The van der Waals surface area contributed by atoms with E-state index < -0.39 is 0 Å². The third-order valence-corrected chi connectivity index (χ3v) is 3.20. The van der Waals surface area contributed by atoms with Crippen LogP contribution in [0.5, 0.6) is 0 Å². The summed E-state index contributed by atoms with van der Waals surface area (Å²) < 4.78 is 0. The van der Waals surface area contributed by atoms with E-state index in [-0.39, 0.29) is 22.8 Å². The lowest BCUT2D eigenvalue weighted by Gasteiger charge is -2.12. The number of aryl methyl sites for hydroxylation is 1. The Morgan fingerprint density at radius 3 is 2.55 bits per heavy atom. The highest BCUT2D eigenvalue weighted by Crippen LogP contribution is 2.28. The molecule has 0 radical (unpaired) electrons. The molecule has 6 heteroatoms. The second-order valence-electron chi connectivity index (χ2n) is 4.93. The van der Waals surface area contributed by atoms with Crippen molar-refractivity contribution < 1.29 is 9.59 Å². The van der Waals surface area contributed by atoms with Crippen LogP contribution in [0.4, 0.5) is 11.4 Å². The Morgan fingerprint density at radius 1 is 1.25 bits per heavy atom. The van der Waals surface area contributed by atoms with E-state index in [2.05, 4.69) is 16.0 Å². The first kappa shape index (κ1) is 14.5. The van der Waals surface area contributed by atoms with Gasteiger partial charge < -0.3 is 16.0 Å². The first-order chi connectivity index (χ1) is 9.45. The number of anilines is 2. The summed E-state index contributed by atoms with van der Waals surface area (Å²) >= 11 is 5.09. The molecule has 20 heavy (non-hydrogen) atoms. The first-order valence-corrected chi connectivity index (χ1v) is 6.86. The van der Waals surface area contributed by atoms with Crippen molar-refractivity contribution in [2.24, 2.45) is 5.92 Å². The highest BCUT2D eigenvalue weighted by molar-refractivity contribution is 7.80. The SMILES string of the molecule is CC(=O)Nc1cc(NC(=S)NC(=O)C2CC2)ccc1C. The third-order valence-electron chi connectivity index (χ3n) is 2.99. The molecule has 1 aliphatic rings. The molecule has 1 aliphatic carbocycles. The van der Waals surface area contributed by atoms with Gasteiger partial charge in [-0.15, -0.1) is 0 Å². The van der Waals surface area contributed by atoms with Crippen molar-refractivity contribution in [3.8, 4) is 0 Å². The molecule has 0 saturated heterocycles. The molecule has 1 saturated carbocycles. The van der Waals surface area contributed by atoms with E-state index in [9.17, 15) is 9.59 Å². The van der Waals surface area contributed by atoms with Crippen LogP contribution in [-0.4, -0.2) is 16.9 Å². The van der Waals surface area contributed by atoms with Crippen LogP contribution in [0.2, 0.25) is 0 Å². The zero-order chi connectivity index (χ0) is 14.7. The highest BCUT2D eigenvalue weighted by atomic mass is 32.1. The van der Waals surface area contributed by atoms with Gasteiger partial charge in [-0.2, -0.15) is 0 Å². The first-order valence-electron chi connectivity index (χ1n) is 6.46. The Bertz CT molecular complexity index is 568. The number of thiocarbonyl (C=S) groups is 1. The van der Waals surface area contributed by atoms with Crippen LogP contribution in [0.3, 0.4) is 0 Å². The standard InChI is InChI=1S/C14H17N3O2S/c1-8-3-6-11(7-12(8)15-9(2)18)16-14(20)17-13(19)10-4-5-10/h3,6-7,10H,4-5H2,1-2H3,(H,15,18)(H2,16,17,19,20). The van der Waals surface area contributed by atoms with Gasteiger partial charge in [-0.3, -0.25) is 9.59 Å². The zero-order valence-corrected chi connectivity index (χ0v) is 12.3. The molecule has 2 rings (SSSR count). The molecule has 0 bridgehead atoms. The Hall–Kier alpha value is -1.95. The maximum Gasteiger partial charge on any atom is 0.229 e. The predicted octanol–water partition coefficient (Wildman–Crippen LogP) is 2.18. The second-order valence-corrected chi connectivity index (χ2v) is 5.34. The van der Waals surface area contributed by atoms with Crippen LogP contribution >= 0.6 is 12.2 Å². The van der Waals surface area contributed by atoms with Crippen molar-refractivity contribution in [2.75, 3.05) is 10.6 Å². The molecule has 106 valence electrons. The smallest absolute Gasteiger partial charge is 0.229 e. The molecular formula is C14H17N3O2S. The van der Waals surface area contributed by atoms with Gasteiger partial charge in [0.1, 0.15) is 0 Å². The number of benzene rings is 1. The Balaban J connectivity index is 1.99. The van der Waals surface area contributed by atoms with E-state index >= 15 is 0 Å². The molecule has 0 heterocycles. The lowest BCUT2D eigenvalue weighted by molar-refractivity contribution is -0.120. The number of nitrogens with one attached hydrogen (secondary N) is 3. The van der Waals surface area contributed by atoms with Crippen LogP contribution in [0.15, 0.2) is 18.2 Å². The summed E-state index contributed by atoms with van der Waals surface area (Å²) in [7, 11) is 0. The van der Waals surface area contributed by atoms with Gasteiger partial charge in [0, 0.05) is 24.2 Å². The molecule has 1 fully saturated rings. The average molecular weight is 291 g/mol. The van der Waals surface area contributed by atoms with Gasteiger partial charge in [-0.05, 0) is 49.7 Å².